The standard InChI is InChI=1S/C35H40N8O4/c1-23-20-33(43(40-23)25-9-7-10-26(21-25)46-19-18-44)37-34(45)36-30-14-15-31(29-12-4-3-11-28(29)30)47-27-13-16-32-38-39-35(42(32)22-27)41-17-6-5-8-24(41)2/h3-4,7,9-13,16,20-22,24,30-31,44H,5-6,8,14-15,17-19H2,1-2H3,(H2,36,37,45)/t24?,30-,31+/m0/s1. The molecular weight excluding hydrogens is 596 g/mol. The lowest BCUT2D eigenvalue weighted by Gasteiger charge is -2.33. The summed E-state index contributed by atoms with van der Waals surface area (Å²) in [6, 6.07) is 21.1. The molecule has 1 unspecified atom stereocenters. The highest BCUT2D eigenvalue weighted by Crippen LogP contribution is 2.39. The number of hydrogen-bond donors (Lipinski definition) is 3. The van der Waals surface area contributed by atoms with Gasteiger partial charge in [-0.15, -0.1) is 10.2 Å². The first-order valence-corrected chi connectivity index (χ1v) is 16.3. The number of nitrogens with one attached hydrogen (secondary N) is 2. The predicted molar refractivity (Wildman–Crippen MR) is 178 cm³/mol. The number of benzene rings is 2. The van der Waals surface area contributed by atoms with Gasteiger partial charge in [0.15, 0.2) is 5.65 Å². The second-order valence-corrected chi connectivity index (χ2v) is 12.2. The van der Waals surface area contributed by atoms with Crippen LogP contribution in [-0.2, 0) is 0 Å². The SMILES string of the molecule is Cc1cc(NC(=O)N[C@H]2CC[C@@H](Oc3ccc4nnc(N5CCCCC5C)n4c3)c3ccccc32)n(-c2cccc(OCCO)c2)n1. The van der Waals surface area contributed by atoms with Crippen molar-refractivity contribution in [1.29, 1.82) is 0 Å². The van der Waals surface area contributed by atoms with Crippen LogP contribution in [-0.4, -0.2) is 61.3 Å². The highest BCUT2D eigenvalue weighted by molar-refractivity contribution is 5.89. The molecule has 1 saturated heterocycles. The fourth-order valence-electron chi connectivity index (χ4n) is 6.67. The largest absolute Gasteiger partial charge is 0.491 e. The van der Waals surface area contributed by atoms with Crippen LogP contribution in [0.1, 0.15) is 68.0 Å². The number of pyridine rings is 1. The molecule has 4 heterocycles. The van der Waals surface area contributed by atoms with Gasteiger partial charge in [0, 0.05) is 24.7 Å². The summed E-state index contributed by atoms with van der Waals surface area (Å²) in [6.07, 6.45) is 6.81. The average Bonchev–Trinajstić information content (AvgIpc) is 3.67. The Hall–Kier alpha value is -5.10. The number of urea groups is 1. The summed E-state index contributed by atoms with van der Waals surface area (Å²) >= 11 is 0. The minimum absolute atomic E-state index is 0.0761. The van der Waals surface area contributed by atoms with Gasteiger partial charge < -0.3 is 24.8 Å². The molecule has 0 radical (unpaired) electrons. The van der Waals surface area contributed by atoms with E-state index in [0.29, 0.717) is 24.0 Å². The molecule has 1 aliphatic heterocycles. The molecule has 244 valence electrons. The number of aryl methyl sites for hydroxylation is 1. The number of piperidine rings is 1. The van der Waals surface area contributed by atoms with Crippen molar-refractivity contribution in [3.63, 3.8) is 0 Å². The van der Waals surface area contributed by atoms with Crippen molar-refractivity contribution in [2.24, 2.45) is 0 Å². The fourth-order valence-corrected chi connectivity index (χ4v) is 6.67. The van der Waals surface area contributed by atoms with Crippen molar-refractivity contribution in [2.75, 3.05) is 30.0 Å². The molecule has 0 bridgehead atoms. The Balaban J connectivity index is 1.06. The number of aliphatic hydroxyl groups excluding tert-OH is 1. The van der Waals surface area contributed by atoms with Gasteiger partial charge >= 0.3 is 6.03 Å². The topological polar surface area (TPSA) is 131 Å². The summed E-state index contributed by atoms with van der Waals surface area (Å²) in [5.41, 5.74) is 4.37. The number of nitrogens with zero attached hydrogens (tertiary/aromatic N) is 6. The molecular formula is C35H40N8O4. The van der Waals surface area contributed by atoms with E-state index in [1.54, 1.807) is 4.68 Å². The van der Waals surface area contributed by atoms with Gasteiger partial charge in [-0.3, -0.25) is 9.72 Å². The maximum atomic E-state index is 13.4. The van der Waals surface area contributed by atoms with Crippen molar-refractivity contribution in [1.82, 2.24) is 29.7 Å². The number of carbonyl (C=O) groups is 1. The molecule has 12 nitrogen and oxygen atoms in total. The van der Waals surface area contributed by atoms with Gasteiger partial charge in [-0.25, -0.2) is 9.48 Å². The van der Waals surface area contributed by atoms with Gasteiger partial charge in [-0.1, -0.05) is 30.3 Å². The Bertz CT molecular complexity index is 1870. The summed E-state index contributed by atoms with van der Waals surface area (Å²) in [5, 5.41) is 28.8. The molecule has 3 N–H and O–H groups in total. The molecule has 47 heavy (non-hydrogen) atoms. The van der Waals surface area contributed by atoms with Gasteiger partial charge in [0.05, 0.1) is 30.2 Å². The molecule has 3 atom stereocenters. The van der Waals surface area contributed by atoms with Crippen LogP contribution in [0.4, 0.5) is 16.6 Å². The predicted octanol–water partition coefficient (Wildman–Crippen LogP) is 5.75. The van der Waals surface area contributed by atoms with Crippen LogP contribution in [0, 0.1) is 6.92 Å². The number of fused-ring (bicyclic) bond motifs is 2. The maximum absolute atomic E-state index is 13.4. The van der Waals surface area contributed by atoms with Gasteiger partial charge in [-0.05, 0) is 81.3 Å². The second kappa shape index (κ2) is 13.3. The quantitative estimate of drug-likeness (QED) is 0.187. The molecule has 1 fully saturated rings. The molecule has 2 amide bonds. The Kier molecular flexibility index (Phi) is 8.66. The zero-order valence-electron chi connectivity index (χ0n) is 26.7. The maximum Gasteiger partial charge on any atom is 0.320 e. The van der Waals surface area contributed by atoms with Crippen LogP contribution < -0.4 is 25.0 Å². The first-order valence-electron chi connectivity index (χ1n) is 16.3. The lowest BCUT2D eigenvalue weighted by Crippen LogP contribution is -2.38. The first kappa shape index (κ1) is 30.5. The number of aromatic nitrogens is 5. The van der Waals surface area contributed by atoms with Crippen LogP contribution in [0.25, 0.3) is 11.3 Å². The van der Waals surface area contributed by atoms with Crippen LogP contribution in [0.15, 0.2) is 72.9 Å². The molecule has 1 aliphatic carbocycles. The number of aliphatic hydroxyl groups is 1. The summed E-state index contributed by atoms with van der Waals surface area (Å²) in [4.78, 5) is 15.7. The third-order valence-electron chi connectivity index (χ3n) is 8.93. The van der Waals surface area contributed by atoms with E-state index in [1.165, 1.54) is 6.42 Å². The molecule has 2 aliphatic rings. The number of anilines is 2. The van der Waals surface area contributed by atoms with E-state index in [0.717, 1.165) is 65.7 Å². The number of amides is 2. The minimum Gasteiger partial charge on any atom is -0.491 e. The third kappa shape index (κ3) is 6.46. The first-order chi connectivity index (χ1) is 23.0. The fraction of sp³-hybridized carbons (Fsp3) is 0.371. The second-order valence-electron chi connectivity index (χ2n) is 12.2. The zero-order valence-corrected chi connectivity index (χ0v) is 26.7. The number of ether oxygens (including phenoxy) is 2. The number of rotatable bonds is 9. The molecule has 3 aromatic heterocycles. The Labute approximate surface area is 273 Å². The van der Waals surface area contributed by atoms with Crippen LogP contribution in [0.3, 0.4) is 0 Å². The Morgan fingerprint density at radius 1 is 0.979 bits per heavy atom. The number of hydrogen-bond acceptors (Lipinski definition) is 8. The summed E-state index contributed by atoms with van der Waals surface area (Å²) in [7, 11) is 0. The molecule has 0 spiro atoms. The van der Waals surface area contributed by atoms with E-state index in [1.807, 2.05) is 72.1 Å². The van der Waals surface area contributed by atoms with Gasteiger partial charge in [0.2, 0.25) is 5.95 Å². The van der Waals surface area contributed by atoms with Crippen LogP contribution >= 0.6 is 0 Å². The van der Waals surface area contributed by atoms with E-state index in [-0.39, 0.29) is 31.4 Å². The van der Waals surface area contributed by atoms with E-state index in [2.05, 4.69) is 49.9 Å². The smallest absolute Gasteiger partial charge is 0.320 e. The highest BCUT2D eigenvalue weighted by Gasteiger charge is 2.30. The van der Waals surface area contributed by atoms with E-state index in [9.17, 15) is 4.79 Å². The Morgan fingerprint density at radius 3 is 2.70 bits per heavy atom. The minimum atomic E-state index is -0.324. The summed E-state index contributed by atoms with van der Waals surface area (Å²) in [5.74, 6) is 2.75. The van der Waals surface area contributed by atoms with Crippen molar-refractivity contribution in [3.8, 4) is 17.2 Å². The normalized spacial score (nSPS) is 19.3. The van der Waals surface area contributed by atoms with Gasteiger partial charge in [-0.2, -0.15) is 5.10 Å². The zero-order chi connectivity index (χ0) is 32.3. The van der Waals surface area contributed by atoms with Gasteiger partial charge in [0.25, 0.3) is 0 Å². The average molecular weight is 637 g/mol. The molecule has 12 heteroatoms. The summed E-state index contributed by atoms with van der Waals surface area (Å²) in [6.45, 7) is 5.21. The van der Waals surface area contributed by atoms with Crippen molar-refractivity contribution in [2.45, 2.75) is 64.1 Å². The lowest BCUT2D eigenvalue weighted by molar-refractivity contribution is 0.171. The Morgan fingerprint density at radius 2 is 1.85 bits per heavy atom. The van der Waals surface area contributed by atoms with E-state index >= 15 is 0 Å². The number of carbonyl (C=O) groups excluding carboxylic acids is 1. The molecule has 2 aromatic carbocycles. The molecule has 5 aromatic rings. The monoisotopic (exact) mass is 636 g/mol. The van der Waals surface area contributed by atoms with E-state index in [4.69, 9.17) is 14.6 Å². The summed E-state index contributed by atoms with van der Waals surface area (Å²) < 4.78 is 15.9. The van der Waals surface area contributed by atoms with Crippen molar-refractivity contribution >= 4 is 23.4 Å². The highest BCUT2D eigenvalue weighted by atomic mass is 16.5. The van der Waals surface area contributed by atoms with Crippen molar-refractivity contribution in [3.05, 3.63) is 89.7 Å². The molecule has 7 rings (SSSR count). The van der Waals surface area contributed by atoms with Crippen LogP contribution in [0.5, 0.6) is 11.5 Å². The molecule has 0 saturated carbocycles. The third-order valence-corrected chi connectivity index (χ3v) is 8.93. The van der Waals surface area contributed by atoms with Gasteiger partial charge in [0.1, 0.15) is 30.0 Å². The van der Waals surface area contributed by atoms with Crippen LogP contribution in [0.2, 0.25) is 0 Å². The lowest BCUT2D eigenvalue weighted by atomic mass is 9.85. The van der Waals surface area contributed by atoms with Crippen molar-refractivity contribution < 1.29 is 19.4 Å². The van der Waals surface area contributed by atoms with E-state index < -0.39 is 0 Å².